The van der Waals surface area contributed by atoms with E-state index in [-0.39, 0.29) is 16.8 Å². The van der Waals surface area contributed by atoms with E-state index in [1.807, 2.05) is 13.8 Å². The van der Waals surface area contributed by atoms with E-state index in [0.717, 1.165) is 23.1 Å². The van der Waals surface area contributed by atoms with Gasteiger partial charge in [-0.3, -0.25) is 4.79 Å². The lowest BCUT2D eigenvalue weighted by atomic mass is 9.77. The van der Waals surface area contributed by atoms with Gasteiger partial charge in [0.25, 0.3) is 0 Å². The van der Waals surface area contributed by atoms with Crippen LogP contribution in [0.5, 0.6) is 5.75 Å². The number of rotatable bonds is 4. The molecule has 3 nitrogen and oxygen atoms in total. The lowest BCUT2D eigenvalue weighted by Gasteiger charge is -2.31. The average molecular weight is 335 g/mol. The topological polar surface area (TPSA) is 46.5 Å². The lowest BCUT2D eigenvalue weighted by Crippen LogP contribution is -2.33. The predicted octanol–water partition coefficient (Wildman–Crippen LogP) is 5.26. The molecule has 0 bridgehead atoms. The van der Waals surface area contributed by atoms with Crippen LogP contribution in [0, 0.1) is 0 Å². The summed E-state index contributed by atoms with van der Waals surface area (Å²) in [6.45, 7) is 18.0. The SMILES string of the molecule is CCC(C)(Cc1cc(C(C)(C)C)c(O)c(C(C)(C)C)c1)OC(C)=O. The molecule has 0 saturated carbocycles. The standard InChI is InChI=1S/C21H34O3/c1-10-21(9,24-14(2)22)13-15-11-16(19(3,4)5)18(23)17(12-15)20(6,7)8/h11-12,23H,10,13H2,1-9H3. The molecule has 0 heterocycles. The molecule has 0 aromatic heterocycles. The van der Waals surface area contributed by atoms with Crippen LogP contribution in [0.1, 0.15) is 85.4 Å². The summed E-state index contributed by atoms with van der Waals surface area (Å²) in [6, 6.07) is 4.12. The number of benzene rings is 1. The Balaban J connectivity index is 3.46. The van der Waals surface area contributed by atoms with Crippen LogP contribution >= 0.6 is 0 Å². The highest BCUT2D eigenvalue weighted by atomic mass is 16.6. The predicted molar refractivity (Wildman–Crippen MR) is 99.7 cm³/mol. The minimum atomic E-state index is -0.535. The molecule has 0 aliphatic rings. The first-order chi connectivity index (χ1) is 10.7. The van der Waals surface area contributed by atoms with Crippen LogP contribution in [0.3, 0.4) is 0 Å². The van der Waals surface area contributed by atoms with E-state index in [1.54, 1.807) is 0 Å². The molecule has 24 heavy (non-hydrogen) atoms. The largest absolute Gasteiger partial charge is 0.507 e. The summed E-state index contributed by atoms with van der Waals surface area (Å²) < 4.78 is 5.57. The first-order valence-electron chi connectivity index (χ1n) is 8.76. The third-order valence-electron chi connectivity index (χ3n) is 4.50. The van der Waals surface area contributed by atoms with Gasteiger partial charge in [0.2, 0.25) is 0 Å². The zero-order chi connectivity index (χ0) is 18.9. The van der Waals surface area contributed by atoms with Gasteiger partial charge in [0.15, 0.2) is 0 Å². The van der Waals surface area contributed by atoms with Gasteiger partial charge in [-0.05, 0) is 40.9 Å². The van der Waals surface area contributed by atoms with Crippen LogP contribution in [0.25, 0.3) is 0 Å². The smallest absolute Gasteiger partial charge is 0.303 e. The van der Waals surface area contributed by atoms with Gasteiger partial charge in [-0.25, -0.2) is 0 Å². The minimum Gasteiger partial charge on any atom is -0.507 e. The van der Waals surface area contributed by atoms with Crippen molar-refractivity contribution in [2.24, 2.45) is 0 Å². The Morgan fingerprint density at radius 3 is 1.71 bits per heavy atom. The molecule has 0 radical (unpaired) electrons. The van der Waals surface area contributed by atoms with Crippen molar-refractivity contribution in [3.8, 4) is 5.75 Å². The Morgan fingerprint density at radius 1 is 1.00 bits per heavy atom. The molecule has 1 unspecified atom stereocenters. The number of phenolic OH excluding ortho intramolecular Hbond substituents is 1. The van der Waals surface area contributed by atoms with Crippen LogP contribution in [0.2, 0.25) is 0 Å². The van der Waals surface area contributed by atoms with E-state index in [4.69, 9.17) is 4.74 Å². The highest BCUT2D eigenvalue weighted by Gasteiger charge is 2.30. The van der Waals surface area contributed by atoms with Gasteiger partial charge in [-0.15, -0.1) is 0 Å². The van der Waals surface area contributed by atoms with Crippen LogP contribution in [0.15, 0.2) is 12.1 Å². The number of carbonyl (C=O) groups excluding carboxylic acids is 1. The fraction of sp³-hybridized carbons (Fsp3) is 0.667. The zero-order valence-corrected chi connectivity index (χ0v) is 16.8. The summed E-state index contributed by atoms with van der Waals surface area (Å²) in [4.78, 5) is 11.5. The molecule has 1 aromatic carbocycles. The van der Waals surface area contributed by atoms with E-state index in [1.165, 1.54) is 6.92 Å². The molecule has 0 aliphatic heterocycles. The van der Waals surface area contributed by atoms with Gasteiger partial charge in [0.05, 0.1) is 0 Å². The summed E-state index contributed by atoms with van der Waals surface area (Å²) in [5, 5.41) is 10.8. The maximum atomic E-state index is 11.5. The van der Waals surface area contributed by atoms with Crippen LogP contribution < -0.4 is 0 Å². The van der Waals surface area contributed by atoms with Crippen molar-refractivity contribution in [3.05, 3.63) is 28.8 Å². The highest BCUT2D eigenvalue weighted by molar-refractivity contribution is 5.66. The Labute approximate surface area is 147 Å². The first-order valence-corrected chi connectivity index (χ1v) is 8.76. The maximum absolute atomic E-state index is 11.5. The molecule has 0 spiro atoms. The molecule has 0 amide bonds. The number of aromatic hydroxyl groups is 1. The van der Waals surface area contributed by atoms with Crippen LogP contribution in [-0.4, -0.2) is 16.7 Å². The Kier molecular flexibility index (Phi) is 5.80. The molecule has 0 saturated heterocycles. The fourth-order valence-electron chi connectivity index (χ4n) is 2.95. The normalized spacial score (nSPS) is 15.0. The first kappa shape index (κ1) is 20.5. The molecule has 1 N–H and O–H groups in total. The Morgan fingerprint density at radius 2 is 1.42 bits per heavy atom. The third kappa shape index (κ3) is 4.99. The molecule has 1 rings (SSSR count). The zero-order valence-electron chi connectivity index (χ0n) is 16.8. The van der Waals surface area contributed by atoms with E-state index in [0.29, 0.717) is 12.2 Å². The number of hydrogen-bond acceptors (Lipinski definition) is 3. The van der Waals surface area contributed by atoms with Crippen molar-refractivity contribution in [2.45, 2.75) is 91.6 Å². The van der Waals surface area contributed by atoms with Crippen molar-refractivity contribution >= 4 is 5.97 Å². The molecule has 1 aromatic rings. The Bertz CT molecular complexity index is 567. The monoisotopic (exact) mass is 334 g/mol. The molecular weight excluding hydrogens is 300 g/mol. The summed E-state index contributed by atoms with van der Waals surface area (Å²) in [5.41, 5.74) is 2.10. The molecule has 136 valence electrons. The second-order valence-electron chi connectivity index (χ2n) is 9.11. The quantitative estimate of drug-likeness (QED) is 0.764. The van der Waals surface area contributed by atoms with Gasteiger partial charge in [-0.2, -0.15) is 0 Å². The summed E-state index contributed by atoms with van der Waals surface area (Å²) in [7, 11) is 0. The second kappa shape index (κ2) is 6.78. The number of hydrogen-bond donors (Lipinski definition) is 1. The van der Waals surface area contributed by atoms with Crippen LogP contribution in [0.4, 0.5) is 0 Å². The molecule has 0 aliphatic carbocycles. The molecule has 3 heteroatoms. The van der Waals surface area contributed by atoms with Gasteiger partial charge < -0.3 is 9.84 Å². The second-order valence-corrected chi connectivity index (χ2v) is 9.11. The molecule has 0 fully saturated rings. The minimum absolute atomic E-state index is 0.163. The van der Waals surface area contributed by atoms with Gasteiger partial charge in [0, 0.05) is 13.3 Å². The van der Waals surface area contributed by atoms with E-state index in [9.17, 15) is 9.90 Å². The number of esters is 1. The van der Waals surface area contributed by atoms with Crippen molar-refractivity contribution in [1.29, 1.82) is 0 Å². The van der Waals surface area contributed by atoms with Crippen molar-refractivity contribution in [3.63, 3.8) is 0 Å². The Hall–Kier alpha value is -1.51. The summed E-state index contributed by atoms with van der Waals surface area (Å²) in [6.07, 6.45) is 1.37. The molecule has 1 atom stereocenters. The number of phenols is 1. The summed E-state index contributed by atoms with van der Waals surface area (Å²) >= 11 is 0. The van der Waals surface area contributed by atoms with E-state index < -0.39 is 5.60 Å². The fourth-order valence-corrected chi connectivity index (χ4v) is 2.95. The van der Waals surface area contributed by atoms with Crippen molar-refractivity contribution in [2.75, 3.05) is 0 Å². The van der Waals surface area contributed by atoms with Gasteiger partial charge >= 0.3 is 5.97 Å². The number of carbonyl (C=O) groups is 1. The van der Waals surface area contributed by atoms with Gasteiger partial charge in [0.1, 0.15) is 11.4 Å². The lowest BCUT2D eigenvalue weighted by molar-refractivity contribution is -0.155. The summed E-state index contributed by atoms with van der Waals surface area (Å²) in [5.74, 6) is 0.120. The van der Waals surface area contributed by atoms with Crippen LogP contribution in [-0.2, 0) is 26.8 Å². The third-order valence-corrected chi connectivity index (χ3v) is 4.50. The van der Waals surface area contributed by atoms with E-state index >= 15 is 0 Å². The highest BCUT2D eigenvalue weighted by Crippen LogP contribution is 2.40. The maximum Gasteiger partial charge on any atom is 0.303 e. The van der Waals surface area contributed by atoms with Crippen molar-refractivity contribution in [1.82, 2.24) is 0 Å². The number of ether oxygens (including phenoxy) is 1. The van der Waals surface area contributed by atoms with E-state index in [2.05, 4.69) is 53.7 Å². The van der Waals surface area contributed by atoms with Crippen molar-refractivity contribution < 1.29 is 14.6 Å². The van der Waals surface area contributed by atoms with Gasteiger partial charge in [-0.1, -0.05) is 60.6 Å². The molecular formula is C21H34O3. The average Bonchev–Trinajstić information content (AvgIpc) is 2.37.